The standard InChI is InChI=1S/C30H38N2O6/c1-6-26(28(33)38-30(3,4)5)37-24-12-9-16-32(19-24)29(34)35-17-15-25-20(2)36-27(31-25)23-14-13-21-10-7-8-11-22(21)18-23/h7-8,10-11,13-14,18,24,26H,6,9,12,15-17,19H2,1-5H3. The quantitative estimate of drug-likeness (QED) is 0.331. The number of amides is 1. The van der Waals surface area contributed by atoms with Crippen molar-refractivity contribution in [3.8, 4) is 11.5 Å². The molecule has 4 rings (SSSR count). The van der Waals surface area contributed by atoms with Crippen molar-refractivity contribution in [2.75, 3.05) is 19.7 Å². The number of carbonyl (C=O) groups is 2. The summed E-state index contributed by atoms with van der Waals surface area (Å²) in [6.07, 6.45) is 1.24. The summed E-state index contributed by atoms with van der Waals surface area (Å²) in [7, 11) is 0. The maximum atomic E-state index is 12.8. The van der Waals surface area contributed by atoms with Crippen LogP contribution in [0.2, 0.25) is 0 Å². The van der Waals surface area contributed by atoms with Crippen molar-refractivity contribution in [2.24, 2.45) is 0 Å². The van der Waals surface area contributed by atoms with Gasteiger partial charge in [-0.25, -0.2) is 14.6 Å². The van der Waals surface area contributed by atoms with Crippen LogP contribution in [-0.4, -0.2) is 59.5 Å². The Morgan fingerprint density at radius 2 is 1.92 bits per heavy atom. The molecule has 1 saturated heterocycles. The maximum absolute atomic E-state index is 12.8. The first kappa shape index (κ1) is 27.6. The number of esters is 1. The van der Waals surface area contributed by atoms with Crippen LogP contribution in [0.5, 0.6) is 0 Å². The van der Waals surface area contributed by atoms with Crippen LogP contribution in [0.3, 0.4) is 0 Å². The third-order valence-electron chi connectivity index (χ3n) is 6.49. The first-order chi connectivity index (χ1) is 18.1. The lowest BCUT2D eigenvalue weighted by atomic mass is 10.1. The highest BCUT2D eigenvalue weighted by molar-refractivity contribution is 5.86. The SMILES string of the molecule is CCC(OC1CCCN(C(=O)OCCc2nc(-c3ccc4ccccc4c3)oc2C)C1)C(=O)OC(C)(C)C. The number of aromatic nitrogens is 1. The van der Waals surface area contributed by atoms with Crippen LogP contribution >= 0.6 is 0 Å². The number of piperidine rings is 1. The number of carbonyl (C=O) groups excluding carboxylic acids is 2. The molecule has 3 aromatic rings. The number of hydrogen-bond acceptors (Lipinski definition) is 7. The molecule has 0 radical (unpaired) electrons. The van der Waals surface area contributed by atoms with Gasteiger partial charge in [0.2, 0.25) is 5.89 Å². The van der Waals surface area contributed by atoms with E-state index in [1.54, 1.807) is 4.90 Å². The van der Waals surface area contributed by atoms with Crippen molar-refractivity contribution < 1.29 is 28.2 Å². The number of hydrogen-bond donors (Lipinski definition) is 0. The zero-order chi connectivity index (χ0) is 27.3. The van der Waals surface area contributed by atoms with Crippen molar-refractivity contribution in [1.29, 1.82) is 0 Å². The third-order valence-corrected chi connectivity index (χ3v) is 6.49. The Labute approximate surface area is 224 Å². The minimum Gasteiger partial charge on any atom is -0.458 e. The average molecular weight is 523 g/mol. The predicted molar refractivity (Wildman–Crippen MR) is 145 cm³/mol. The highest BCUT2D eigenvalue weighted by Crippen LogP contribution is 2.26. The summed E-state index contributed by atoms with van der Waals surface area (Å²) in [6, 6.07) is 14.3. The number of ether oxygens (including phenoxy) is 3. The van der Waals surface area contributed by atoms with Crippen molar-refractivity contribution >= 4 is 22.8 Å². The van der Waals surface area contributed by atoms with Crippen LogP contribution in [0.4, 0.5) is 4.79 Å². The number of oxazole rings is 1. The zero-order valence-corrected chi connectivity index (χ0v) is 23.0. The first-order valence-corrected chi connectivity index (χ1v) is 13.4. The monoisotopic (exact) mass is 522 g/mol. The zero-order valence-electron chi connectivity index (χ0n) is 23.0. The van der Waals surface area contributed by atoms with E-state index in [9.17, 15) is 9.59 Å². The van der Waals surface area contributed by atoms with Gasteiger partial charge in [0.15, 0.2) is 6.10 Å². The van der Waals surface area contributed by atoms with Crippen LogP contribution in [0, 0.1) is 6.92 Å². The molecule has 204 valence electrons. The second kappa shape index (κ2) is 12.0. The van der Waals surface area contributed by atoms with E-state index in [-0.39, 0.29) is 24.8 Å². The summed E-state index contributed by atoms with van der Waals surface area (Å²) in [5.74, 6) is 0.898. The second-order valence-electron chi connectivity index (χ2n) is 10.7. The molecule has 1 aliphatic rings. The van der Waals surface area contributed by atoms with Gasteiger partial charge in [-0.05, 0) is 69.9 Å². The Morgan fingerprint density at radius 3 is 2.66 bits per heavy atom. The lowest BCUT2D eigenvalue weighted by molar-refractivity contribution is -0.174. The van der Waals surface area contributed by atoms with Gasteiger partial charge in [0.05, 0.1) is 24.9 Å². The van der Waals surface area contributed by atoms with Gasteiger partial charge >= 0.3 is 12.1 Å². The van der Waals surface area contributed by atoms with Crippen molar-refractivity contribution in [3.63, 3.8) is 0 Å². The number of fused-ring (bicyclic) bond motifs is 1. The van der Waals surface area contributed by atoms with Crippen molar-refractivity contribution in [2.45, 2.75) is 78.1 Å². The molecule has 2 unspecified atom stereocenters. The lowest BCUT2D eigenvalue weighted by Gasteiger charge is -2.34. The number of nitrogens with zero attached hydrogens (tertiary/aromatic N) is 2. The van der Waals surface area contributed by atoms with Gasteiger partial charge in [-0.2, -0.15) is 0 Å². The minimum atomic E-state index is -0.651. The van der Waals surface area contributed by atoms with E-state index in [0.717, 1.165) is 34.9 Å². The molecule has 1 aromatic heterocycles. The third kappa shape index (κ3) is 7.13. The van der Waals surface area contributed by atoms with E-state index in [2.05, 4.69) is 29.2 Å². The van der Waals surface area contributed by atoms with E-state index >= 15 is 0 Å². The van der Waals surface area contributed by atoms with Crippen LogP contribution in [0.25, 0.3) is 22.2 Å². The fourth-order valence-electron chi connectivity index (χ4n) is 4.57. The Balaban J connectivity index is 1.28. The molecule has 38 heavy (non-hydrogen) atoms. The minimum absolute atomic E-state index is 0.195. The molecule has 1 amide bonds. The van der Waals surface area contributed by atoms with E-state index in [1.807, 2.05) is 52.8 Å². The van der Waals surface area contributed by atoms with E-state index in [4.69, 9.17) is 18.6 Å². The van der Waals surface area contributed by atoms with Crippen LogP contribution in [0.1, 0.15) is 58.4 Å². The lowest BCUT2D eigenvalue weighted by Crippen LogP contribution is -2.46. The van der Waals surface area contributed by atoms with Gasteiger partial charge in [-0.1, -0.05) is 37.3 Å². The van der Waals surface area contributed by atoms with E-state index in [1.165, 1.54) is 0 Å². The molecule has 0 aliphatic carbocycles. The Kier molecular flexibility index (Phi) is 8.72. The molecule has 0 N–H and O–H groups in total. The molecular formula is C30H38N2O6. The molecule has 8 nitrogen and oxygen atoms in total. The summed E-state index contributed by atoms with van der Waals surface area (Å²) in [5.41, 5.74) is 1.10. The smallest absolute Gasteiger partial charge is 0.409 e. The van der Waals surface area contributed by atoms with E-state index < -0.39 is 11.7 Å². The molecule has 2 heterocycles. The molecule has 0 saturated carbocycles. The molecule has 2 aromatic carbocycles. The molecule has 0 spiro atoms. The fraction of sp³-hybridized carbons (Fsp3) is 0.500. The van der Waals surface area contributed by atoms with Gasteiger partial charge in [0.1, 0.15) is 11.4 Å². The molecular weight excluding hydrogens is 484 g/mol. The van der Waals surface area contributed by atoms with Gasteiger partial charge in [0.25, 0.3) is 0 Å². The first-order valence-electron chi connectivity index (χ1n) is 13.4. The maximum Gasteiger partial charge on any atom is 0.409 e. The van der Waals surface area contributed by atoms with Crippen molar-refractivity contribution in [1.82, 2.24) is 9.88 Å². The van der Waals surface area contributed by atoms with Gasteiger partial charge in [-0.15, -0.1) is 0 Å². The highest BCUT2D eigenvalue weighted by Gasteiger charge is 2.31. The summed E-state index contributed by atoms with van der Waals surface area (Å²) in [5, 5.41) is 2.28. The fourth-order valence-corrected chi connectivity index (χ4v) is 4.57. The molecule has 2 atom stereocenters. The Morgan fingerprint density at radius 1 is 1.16 bits per heavy atom. The Hall–Kier alpha value is -3.39. The average Bonchev–Trinajstić information content (AvgIpc) is 3.26. The summed E-state index contributed by atoms with van der Waals surface area (Å²) < 4.78 is 23.0. The number of likely N-dealkylation sites (tertiary alicyclic amines) is 1. The number of benzene rings is 2. The van der Waals surface area contributed by atoms with Crippen LogP contribution < -0.4 is 0 Å². The summed E-state index contributed by atoms with van der Waals surface area (Å²) in [4.78, 5) is 31.5. The highest BCUT2D eigenvalue weighted by atomic mass is 16.6. The topological polar surface area (TPSA) is 91.1 Å². The normalized spacial score (nSPS) is 16.9. The largest absolute Gasteiger partial charge is 0.458 e. The second-order valence-corrected chi connectivity index (χ2v) is 10.7. The van der Waals surface area contributed by atoms with Gasteiger partial charge in [-0.3, -0.25) is 0 Å². The molecule has 8 heteroatoms. The van der Waals surface area contributed by atoms with Gasteiger partial charge < -0.3 is 23.5 Å². The molecule has 1 aliphatic heterocycles. The summed E-state index contributed by atoms with van der Waals surface area (Å²) in [6.45, 7) is 10.4. The van der Waals surface area contributed by atoms with Crippen molar-refractivity contribution in [3.05, 3.63) is 53.9 Å². The van der Waals surface area contributed by atoms with Gasteiger partial charge in [0, 0.05) is 18.5 Å². The Bertz CT molecular complexity index is 1260. The van der Waals surface area contributed by atoms with E-state index in [0.29, 0.717) is 37.6 Å². The molecule has 0 bridgehead atoms. The number of aryl methyl sites for hydroxylation is 1. The molecule has 1 fully saturated rings. The number of rotatable bonds is 8. The predicted octanol–water partition coefficient (Wildman–Crippen LogP) is 6.08. The van der Waals surface area contributed by atoms with Crippen LogP contribution in [0.15, 0.2) is 46.9 Å². The summed E-state index contributed by atoms with van der Waals surface area (Å²) >= 11 is 0. The van der Waals surface area contributed by atoms with Crippen LogP contribution in [-0.2, 0) is 25.4 Å².